The van der Waals surface area contributed by atoms with Crippen LogP contribution in [-0.4, -0.2) is 29.4 Å². The van der Waals surface area contributed by atoms with Gasteiger partial charge in [0.25, 0.3) is 11.7 Å². The highest BCUT2D eigenvalue weighted by Gasteiger charge is 2.47. The van der Waals surface area contributed by atoms with Gasteiger partial charge in [0.15, 0.2) is 0 Å². The first kappa shape index (κ1) is 22.0. The zero-order valence-corrected chi connectivity index (χ0v) is 17.7. The van der Waals surface area contributed by atoms with Crippen molar-refractivity contribution < 1.29 is 28.6 Å². The number of hydrogen-bond acceptors (Lipinski definition) is 5. The molecule has 1 unspecified atom stereocenters. The highest BCUT2D eigenvalue weighted by Crippen LogP contribution is 2.42. The Balaban J connectivity index is 1.88. The monoisotopic (exact) mass is 445 g/mol. The van der Waals surface area contributed by atoms with Crippen LogP contribution in [0.2, 0.25) is 0 Å². The second kappa shape index (κ2) is 9.08. The molecule has 1 heterocycles. The van der Waals surface area contributed by atoms with Crippen molar-refractivity contribution in [1.82, 2.24) is 0 Å². The van der Waals surface area contributed by atoms with E-state index in [-0.39, 0.29) is 29.0 Å². The lowest BCUT2D eigenvalue weighted by molar-refractivity contribution is -0.132. The molecule has 6 nitrogen and oxygen atoms in total. The molecule has 1 fully saturated rings. The molecule has 1 saturated heterocycles. The number of aliphatic hydroxyl groups excluding tert-OH is 1. The Morgan fingerprint density at radius 3 is 2.21 bits per heavy atom. The van der Waals surface area contributed by atoms with E-state index in [2.05, 4.69) is 0 Å². The van der Waals surface area contributed by atoms with Gasteiger partial charge in [-0.25, -0.2) is 9.18 Å². The first-order chi connectivity index (χ1) is 15.9. The predicted molar refractivity (Wildman–Crippen MR) is 120 cm³/mol. The average Bonchev–Trinajstić information content (AvgIpc) is 3.10. The Hall–Kier alpha value is -4.26. The molecular formula is C26H20FNO5. The molecule has 0 aliphatic carbocycles. The number of benzene rings is 3. The number of rotatable bonds is 5. The summed E-state index contributed by atoms with van der Waals surface area (Å²) in [6.07, 6.45) is 0. The minimum Gasteiger partial charge on any atom is -0.507 e. The Kier molecular flexibility index (Phi) is 6.04. The number of amides is 1. The van der Waals surface area contributed by atoms with Crippen molar-refractivity contribution in [3.63, 3.8) is 0 Å². The first-order valence-corrected chi connectivity index (χ1v) is 10.3. The molecule has 0 spiro atoms. The summed E-state index contributed by atoms with van der Waals surface area (Å²) in [6, 6.07) is 18.7. The van der Waals surface area contributed by atoms with Crippen molar-refractivity contribution >= 4 is 29.1 Å². The standard InChI is InChI=1S/C26H20FNO5/c1-2-33-26(32)17-12-14-18(15-13-17)28-22(19-10-6-7-11-20(19)27)21(24(30)25(28)31)23(29)16-8-4-3-5-9-16/h3-15,22,29H,2H2,1H3/b23-21+. The lowest BCUT2D eigenvalue weighted by Gasteiger charge is -2.25. The number of carbonyl (C=O) groups excluding carboxylic acids is 3. The van der Waals surface area contributed by atoms with Crippen molar-refractivity contribution in [3.8, 4) is 0 Å². The zero-order valence-electron chi connectivity index (χ0n) is 17.7. The Labute approximate surface area is 189 Å². The van der Waals surface area contributed by atoms with Crippen molar-refractivity contribution in [2.45, 2.75) is 13.0 Å². The lowest BCUT2D eigenvalue weighted by Crippen LogP contribution is -2.29. The molecule has 0 aromatic heterocycles. The lowest BCUT2D eigenvalue weighted by atomic mass is 9.94. The third-order valence-electron chi connectivity index (χ3n) is 5.35. The molecule has 0 saturated carbocycles. The fraction of sp³-hybridized carbons (Fsp3) is 0.115. The van der Waals surface area contributed by atoms with Crippen LogP contribution in [0.1, 0.15) is 34.5 Å². The summed E-state index contributed by atoms with van der Waals surface area (Å²) in [5, 5.41) is 11.0. The number of hydrogen-bond donors (Lipinski definition) is 1. The molecule has 3 aromatic rings. The van der Waals surface area contributed by atoms with Crippen molar-refractivity contribution in [1.29, 1.82) is 0 Å². The van der Waals surface area contributed by atoms with Gasteiger partial charge < -0.3 is 9.84 Å². The molecule has 0 radical (unpaired) electrons. The molecule has 1 N–H and O–H groups in total. The third-order valence-corrected chi connectivity index (χ3v) is 5.35. The number of Topliss-reactive ketones (excluding diaryl/α,β-unsaturated/α-hetero) is 1. The Morgan fingerprint density at radius 1 is 0.939 bits per heavy atom. The number of carbonyl (C=O) groups is 3. The number of nitrogens with zero attached hydrogens (tertiary/aromatic N) is 1. The van der Waals surface area contributed by atoms with Gasteiger partial charge in [-0.1, -0.05) is 48.5 Å². The van der Waals surface area contributed by atoms with Gasteiger partial charge in [-0.05, 0) is 37.3 Å². The Morgan fingerprint density at radius 2 is 1.58 bits per heavy atom. The summed E-state index contributed by atoms with van der Waals surface area (Å²) in [4.78, 5) is 39.2. The topological polar surface area (TPSA) is 83.9 Å². The zero-order chi connectivity index (χ0) is 23.5. The molecule has 1 aliphatic rings. The quantitative estimate of drug-likeness (QED) is 0.268. The number of anilines is 1. The van der Waals surface area contributed by atoms with E-state index in [1.54, 1.807) is 43.3 Å². The second-order valence-electron chi connectivity index (χ2n) is 7.32. The van der Waals surface area contributed by atoms with E-state index in [0.717, 1.165) is 4.90 Å². The number of ether oxygens (including phenoxy) is 1. The number of esters is 1. The minimum absolute atomic E-state index is 0.0589. The fourth-order valence-corrected chi connectivity index (χ4v) is 3.81. The number of aliphatic hydroxyl groups is 1. The van der Waals surface area contributed by atoms with Gasteiger partial charge in [0, 0.05) is 16.8 Å². The van der Waals surface area contributed by atoms with Gasteiger partial charge >= 0.3 is 5.97 Å². The van der Waals surface area contributed by atoms with Gasteiger partial charge in [0.2, 0.25) is 0 Å². The summed E-state index contributed by atoms with van der Waals surface area (Å²) in [6.45, 7) is 1.90. The van der Waals surface area contributed by atoms with Crippen LogP contribution < -0.4 is 4.90 Å². The summed E-state index contributed by atoms with van der Waals surface area (Å²) in [5.41, 5.74) is 0.707. The van der Waals surface area contributed by atoms with Crippen LogP contribution in [-0.2, 0) is 14.3 Å². The molecule has 1 atom stereocenters. The highest BCUT2D eigenvalue weighted by molar-refractivity contribution is 6.51. The maximum atomic E-state index is 14.9. The molecule has 1 amide bonds. The van der Waals surface area contributed by atoms with Gasteiger partial charge in [0.1, 0.15) is 11.6 Å². The largest absolute Gasteiger partial charge is 0.507 e. The summed E-state index contributed by atoms with van der Waals surface area (Å²) in [5.74, 6) is -3.39. The summed E-state index contributed by atoms with van der Waals surface area (Å²) < 4.78 is 19.8. The average molecular weight is 445 g/mol. The number of halogens is 1. The molecule has 1 aliphatic heterocycles. The second-order valence-corrected chi connectivity index (χ2v) is 7.32. The predicted octanol–water partition coefficient (Wildman–Crippen LogP) is 4.63. The maximum Gasteiger partial charge on any atom is 0.338 e. The van der Waals surface area contributed by atoms with Gasteiger partial charge in [0.05, 0.1) is 23.8 Å². The van der Waals surface area contributed by atoms with Crippen LogP contribution >= 0.6 is 0 Å². The van der Waals surface area contributed by atoms with E-state index in [1.807, 2.05) is 0 Å². The van der Waals surface area contributed by atoms with E-state index in [1.165, 1.54) is 42.5 Å². The first-order valence-electron chi connectivity index (χ1n) is 10.3. The molecule has 33 heavy (non-hydrogen) atoms. The van der Waals surface area contributed by atoms with E-state index < -0.39 is 35.3 Å². The van der Waals surface area contributed by atoms with Crippen molar-refractivity contribution in [2.24, 2.45) is 0 Å². The molecular weight excluding hydrogens is 425 g/mol. The van der Waals surface area contributed by atoms with Crippen molar-refractivity contribution in [3.05, 3.63) is 107 Å². The van der Waals surface area contributed by atoms with E-state index in [4.69, 9.17) is 4.74 Å². The van der Waals surface area contributed by atoms with Crippen LogP contribution in [0.3, 0.4) is 0 Å². The van der Waals surface area contributed by atoms with Gasteiger partial charge in [-0.2, -0.15) is 0 Å². The van der Waals surface area contributed by atoms with E-state index in [0.29, 0.717) is 5.56 Å². The van der Waals surface area contributed by atoms with Gasteiger partial charge in [-0.3, -0.25) is 14.5 Å². The van der Waals surface area contributed by atoms with Crippen LogP contribution in [0.4, 0.5) is 10.1 Å². The molecule has 166 valence electrons. The minimum atomic E-state index is -1.19. The summed E-state index contributed by atoms with van der Waals surface area (Å²) in [7, 11) is 0. The third kappa shape index (κ3) is 4.01. The van der Waals surface area contributed by atoms with E-state index >= 15 is 0 Å². The highest BCUT2D eigenvalue weighted by atomic mass is 19.1. The SMILES string of the molecule is CCOC(=O)c1ccc(N2C(=O)C(=O)/C(=C(/O)c3ccccc3)C2c2ccccc2F)cc1. The van der Waals surface area contributed by atoms with Crippen LogP contribution in [0, 0.1) is 5.82 Å². The van der Waals surface area contributed by atoms with Crippen LogP contribution in [0.5, 0.6) is 0 Å². The maximum absolute atomic E-state index is 14.9. The molecule has 0 bridgehead atoms. The normalized spacial score (nSPS) is 17.3. The molecule has 7 heteroatoms. The van der Waals surface area contributed by atoms with Gasteiger partial charge in [-0.15, -0.1) is 0 Å². The fourth-order valence-electron chi connectivity index (χ4n) is 3.81. The number of ketones is 1. The summed E-state index contributed by atoms with van der Waals surface area (Å²) >= 11 is 0. The Bertz CT molecular complexity index is 1250. The molecule has 3 aromatic carbocycles. The molecule has 4 rings (SSSR count). The van der Waals surface area contributed by atoms with Crippen LogP contribution in [0.15, 0.2) is 84.4 Å². The smallest absolute Gasteiger partial charge is 0.338 e. The van der Waals surface area contributed by atoms with Crippen LogP contribution in [0.25, 0.3) is 5.76 Å². The van der Waals surface area contributed by atoms with Crippen molar-refractivity contribution in [2.75, 3.05) is 11.5 Å². The van der Waals surface area contributed by atoms with E-state index in [9.17, 15) is 23.9 Å².